The Morgan fingerprint density at radius 2 is 1.95 bits per heavy atom. The molecular formula is C14H11F3N2. The van der Waals surface area contributed by atoms with Gasteiger partial charge in [0, 0.05) is 23.4 Å². The summed E-state index contributed by atoms with van der Waals surface area (Å²) >= 11 is 0. The van der Waals surface area contributed by atoms with Crippen molar-refractivity contribution in [2.24, 2.45) is 5.92 Å². The number of hydrogen-bond donors (Lipinski definition) is 0. The van der Waals surface area contributed by atoms with E-state index in [1.165, 1.54) is 6.07 Å². The smallest absolute Gasteiger partial charge is 0.253 e. The van der Waals surface area contributed by atoms with Crippen LogP contribution in [-0.4, -0.2) is 4.98 Å². The first kappa shape index (κ1) is 13.3. The van der Waals surface area contributed by atoms with Crippen LogP contribution in [0.1, 0.15) is 18.2 Å². The first-order chi connectivity index (χ1) is 8.90. The van der Waals surface area contributed by atoms with Crippen molar-refractivity contribution in [3.63, 3.8) is 0 Å². The Morgan fingerprint density at radius 3 is 2.58 bits per heavy atom. The van der Waals surface area contributed by atoms with Crippen LogP contribution in [0.25, 0.3) is 10.9 Å². The third-order valence-electron chi connectivity index (χ3n) is 2.81. The molecule has 0 aliphatic rings. The molecular weight excluding hydrogens is 253 g/mol. The average molecular weight is 264 g/mol. The number of pyridine rings is 1. The number of benzene rings is 1. The molecule has 0 saturated carbocycles. The second kappa shape index (κ2) is 4.88. The van der Waals surface area contributed by atoms with Crippen LogP contribution in [0.5, 0.6) is 0 Å². The van der Waals surface area contributed by atoms with Gasteiger partial charge in [-0.25, -0.2) is 0 Å². The van der Waals surface area contributed by atoms with Crippen LogP contribution < -0.4 is 0 Å². The van der Waals surface area contributed by atoms with E-state index >= 15 is 0 Å². The fourth-order valence-electron chi connectivity index (χ4n) is 1.81. The topological polar surface area (TPSA) is 36.7 Å². The van der Waals surface area contributed by atoms with Gasteiger partial charge in [0.05, 0.1) is 17.1 Å². The van der Waals surface area contributed by atoms with E-state index in [-0.39, 0.29) is 5.92 Å². The van der Waals surface area contributed by atoms with Crippen molar-refractivity contribution in [1.29, 1.82) is 5.26 Å². The first-order valence-corrected chi connectivity index (χ1v) is 5.76. The van der Waals surface area contributed by atoms with Gasteiger partial charge in [-0.1, -0.05) is 12.1 Å². The predicted octanol–water partition coefficient (Wildman–Crippen LogP) is 3.96. The highest BCUT2D eigenvalue weighted by molar-refractivity contribution is 5.79. The number of aromatic nitrogens is 1. The van der Waals surface area contributed by atoms with Gasteiger partial charge < -0.3 is 0 Å². The van der Waals surface area contributed by atoms with E-state index in [0.717, 1.165) is 12.1 Å². The number of rotatable bonds is 2. The summed E-state index contributed by atoms with van der Waals surface area (Å²) in [5, 5.41) is 9.39. The van der Waals surface area contributed by atoms with E-state index in [9.17, 15) is 13.2 Å². The van der Waals surface area contributed by atoms with Crippen molar-refractivity contribution in [2.45, 2.75) is 19.5 Å². The summed E-state index contributed by atoms with van der Waals surface area (Å²) in [7, 11) is 0. The summed E-state index contributed by atoms with van der Waals surface area (Å²) < 4.78 is 37.8. The molecule has 2 nitrogen and oxygen atoms in total. The summed E-state index contributed by atoms with van der Waals surface area (Å²) in [4.78, 5) is 4.19. The summed E-state index contributed by atoms with van der Waals surface area (Å²) in [6, 6.07) is 9.03. The van der Waals surface area contributed by atoms with Crippen molar-refractivity contribution in [2.75, 3.05) is 0 Å². The number of halogens is 3. The van der Waals surface area contributed by atoms with E-state index in [4.69, 9.17) is 5.26 Å². The minimum absolute atomic E-state index is 0.212. The summed E-state index contributed by atoms with van der Waals surface area (Å²) in [6.07, 6.45) is -3.94. The second-order valence-corrected chi connectivity index (χ2v) is 4.44. The highest BCUT2D eigenvalue weighted by Gasteiger charge is 2.30. The Kier molecular flexibility index (Phi) is 3.43. The SMILES string of the molecule is CC(C#N)Cc1ccc2ccc(C(F)(F)F)cc2n1. The molecule has 1 atom stereocenters. The van der Waals surface area contributed by atoms with Gasteiger partial charge in [-0.3, -0.25) is 4.98 Å². The highest BCUT2D eigenvalue weighted by atomic mass is 19.4. The Balaban J connectivity index is 2.43. The van der Waals surface area contributed by atoms with Crippen LogP contribution in [0.15, 0.2) is 30.3 Å². The third kappa shape index (κ3) is 3.02. The van der Waals surface area contributed by atoms with Crippen molar-refractivity contribution < 1.29 is 13.2 Å². The molecule has 0 spiro atoms. The molecule has 2 aromatic rings. The highest BCUT2D eigenvalue weighted by Crippen LogP contribution is 2.31. The molecule has 19 heavy (non-hydrogen) atoms. The Hall–Kier alpha value is -2.09. The molecule has 0 radical (unpaired) electrons. The van der Waals surface area contributed by atoms with Crippen LogP contribution in [0.3, 0.4) is 0 Å². The minimum atomic E-state index is -4.37. The largest absolute Gasteiger partial charge is 0.416 e. The Morgan fingerprint density at radius 1 is 1.26 bits per heavy atom. The van der Waals surface area contributed by atoms with Crippen LogP contribution in [-0.2, 0) is 12.6 Å². The van der Waals surface area contributed by atoms with Gasteiger partial charge in [-0.15, -0.1) is 0 Å². The number of fused-ring (bicyclic) bond motifs is 1. The number of nitriles is 1. The standard InChI is InChI=1S/C14H11F3N2/c1-9(8-18)6-12-5-3-10-2-4-11(14(15,16)17)7-13(10)19-12/h2-5,7,9H,6H2,1H3. The summed E-state index contributed by atoms with van der Waals surface area (Å²) in [5.74, 6) is -0.212. The lowest BCUT2D eigenvalue weighted by molar-refractivity contribution is -0.137. The molecule has 1 unspecified atom stereocenters. The van der Waals surface area contributed by atoms with Gasteiger partial charge in [0.15, 0.2) is 0 Å². The van der Waals surface area contributed by atoms with Crippen molar-refractivity contribution >= 4 is 10.9 Å². The number of alkyl halides is 3. The number of nitrogens with zero attached hydrogens (tertiary/aromatic N) is 2. The molecule has 1 aromatic heterocycles. The van der Waals surface area contributed by atoms with E-state index in [2.05, 4.69) is 11.1 Å². The van der Waals surface area contributed by atoms with Crippen molar-refractivity contribution in [3.8, 4) is 6.07 Å². The molecule has 0 aliphatic heterocycles. The second-order valence-electron chi connectivity index (χ2n) is 4.44. The monoisotopic (exact) mass is 264 g/mol. The minimum Gasteiger partial charge on any atom is -0.253 e. The fourth-order valence-corrected chi connectivity index (χ4v) is 1.81. The summed E-state index contributed by atoms with van der Waals surface area (Å²) in [6.45, 7) is 1.75. The zero-order chi connectivity index (χ0) is 14.0. The molecule has 0 amide bonds. The summed E-state index contributed by atoms with van der Waals surface area (Å²) in [5.41, 5.74) is 0.219. The average Bonchev–Trinajstić information content (AvgIpc) is 2.36. The van der Waals surface area contributed by atoms with Gasteiger partial charge in [-0.2, -0.15) is 18.4 Å². The van der Waals surface area contributed by atoms with E-state index < -0.39 is 11.7 Å². The Bertz CT molecular complexity index is 641. The zero-order valence-corrected chi connectivity index (χ0v) is 10.2. The molecule has 5 heteroatoms. The first-order valence-electron chi connectivity index (χ1n) is 5.76. The fraction of sp³-hybridized carbons (Fsp3) is 0.286. The van der Waals surface area contributed by atoms with Crippen LogP contribution >= 0.6 is 0 Å². The van der Waals surface area contributed by atoms with E-state index in [1.807, 2.05) is 0 Å². The lowest BCUT2D eigenvalue weighted by Gasteiger charge is -2.08. The van der Waals surface area contributed by atoms with Gasteiger partial charge in [0.2, 0.25) is 0 Å². The lowest BCUT2D eigenvalue weighted by atomic mass is 10.1. The van der Waals surface area contributed by atoms with Gasteiger partial charge >= 0.3 is 6.18 Å². The molecule has 0 aliphatic carbocycles. The van der Waals surface area contributed by atoms with Gasteiger partial charge in [-0.05, 0) is 25.1 Å². The van der Waals surface area contributed by atoms with Crippen LogP contribution in [0, 0.1) is 17.2 Å². The molecule has 0 bridgehead atoms. The zero-order valence-electron chi connectivity index (χ0n) is 10.2. The normalized spacial score (nSPS) is 13.2. The molecule has 0 fully saturated rings. The maximum atomic E-state index is 12.6. The maximum Gasteiger partial charge on any atom is 0.416 e. The lowest BCUT2D eigenvalue weighted by Crippen LogP contribution is -2.05. The molecule has 1 heterocycles. The molecule has 98 valence electrons. The van der Waals surface area contributed by atoms with Crippen molar-refractivity contribution in [1.82, 2.24) is 4.98 Å². The molecule has 0 saturated heterocycles. The van der Waals surface area contributed by atoms with Crippen LogP contribution in [0.4, 0.5) is 13.2 Å². The third-order valence-corrected chi connectivity index (χ3v) is 2.81. The van der Waals surface area contributed by atoms with E-state index in [1.54, 1.807) is 19.1 Å². The van der Waals surface area contributed by atoms with Crippen LogP contribution in [0.2, 0.25) is 0 Å². The van der Waals surface area contributed by atoms with Gasteiger partial charge in [0.25, 0.3) is 0 Å². The molecule has 2 rings (SSSR count). The van der Waals surface area contributed by atoms with E-state index in [0.29, 0.717) is 23.0 Å². The molecule has 1 aromatic carbocycles. The quantitative estimate of drug-likeness (QED) is 0.823. The Labute approximate surface area is 108 Å². The maximum absolute atomic E-state index is 12.6. The predicted molar refractivity (Wildman–Crippen MR) is 65.2 cm³/mol. The molecule has 0 N–H and O–H groups in total. The van der Waals surface area contributed by atoms with Crippen molar-refractivity contribution in [3.05, 3.63) is 41.6 Å². The number of hydrogen-bond acceptors (Lipinski definition) is 2. The van der Waals surface area contributed by atoms with Gasteiger partial charge in [0.1, 0.15) is 0 Å².